The van der Waals surface area contributed by atoms with Crippen LogP contribution in [-0.2, 0) is 5.41 Å². The molecule has 2 heteroatoms. The van der Waals surface area contributed by atoms with Gasteiger partial charge in [0.05, 0.1) is 12.5 Å². The molecule has 0 spiro atoms. The van der Waals surface area contributed by atoms with E-state index in [1.54, 1.807) is 12.1 Å². The molecule has 0 fully saturated rings. The van der Waals surface area contributed by atoms with Crippen molar-refractivity contribution in [2.45, 2.75) is 19.3 Å². The van der Waals surface area contributed by atoms with Gasteiger partial charge in [-0.25, -0.2) is 0 Å². The maximum atomic E-state index is 9.56. The molecule has 0 aliphatic carbocycles. The van der Waals surface area contributed by atoms with Gasteiger partial charge < -0.3 is 9.84 Å². The molecule has 74 valence electrons. The van der Waals surface area contributed by atoms with Gasteiger partial charge in [0, 0.05) is 0 Å². The Morgan fingerprint density at radius 3 is 2.50 bits per heavy atom. The number of benzene rings is 1. The van der Waals surface area contributed by atoms with E-state index in [1.807, 2.05) is 19.9 Å². The molecule has 0 atom stereocenters. The topological polar surface area (TPSA) is 29.5 Å². The SMILES string of the molecule is C#CC(C)(C)c1ccc(OC)c(O)c1. The highest BCUT2D eigenvalue weighted by Gasteiger charge is 2.18. The predicted molar refractivity (Wildman–Crippen MR) is 56.5 cm³/mol. The Hall–Kier alpha value is -1.62. The first-order valence-electron chi connectivity index (χ1n) is 4.36. The highest BCUT2D eigenvalue weighted by Crippen LogP contribution is 2.31. The lowest BCUT2D eigenvalue weighted by molar-refractivity contribution is 0.372. The minimum Gasteiger partial charge on any atom is -0.504 e. The van der Waals surface area contributed by atoms with Gasteiger partial charge in [-0.15, -0.1) is 6.42 Å². The number of hydrogen-bond acceptors (Lipinski definition) is 2. The Bertz CT molecular complexity index is 372. The standard InChI is InChI=1S/C12H14O2/c1-5-12(2,3)9-6-7-11(14-4)10(13)8-9/h1,6-8,13H,2-4H3. The van der Waals surface area contributed by atoms with Crippen LogP contribution < -0.4 is 4.74 Å². The van der Waals surface area contributed by atoms with Crippen LogP contribution in [0.1, 0.15) is 19.4 Å². The average molecular weight is 190 g/mol. The van der Waals surface area contributed by atoms with Crippen LogP contribution in [0.5, 0.6) is 11.5 Å². The summed E-state index contributed by atoms with van der Waals surface area (Å²) in [6, 6.07) is 5.21. The summed E-state index contributed by atoms with van der Waals surface area (Å²) in [7, 11) is 1.51. The number of phenolic OH excluding ortho intramolecular Hbond substituents is 1. The zero-order valence-corrected chi connectivity index (χ0v) is 8.66. The van der Waals surface area contributed by atoms with Gasteiger partial charge >= 0.3 is 0 Å². The lowest BCUT2D eigenvalue weighted by Gasteiger charge is -2.18. The molecule has 1 rings (SSSR count). The van der Waals surface area contributed by atoms with Crippen LogP contribution in [0.3, 0.4) is 0 Å². The summed E-state index contributed by atoms with van der Waals surface area (Å²) >= 11 is 0. The molecule has 1 N–H and O–H groups in total. The molecule has 0 heterocycles. The molecular formula is C12H14O2. The predicted octanol–water partition coefficient (Wildman–Crippen LogP) is 2.31. The van der Waals surface area contributed by atoms with Crippen molar-refractivity contribution in [2.75, 3.05) is 7.11 Å². The summed E-state index contributed by atoms with van der Waals surface area (Å²) < 4.78 is 4.94. The molecule has 0 saturated heterocycles. The Morgan fingerprint density at radius 1 is 1.43 bits per heavy atom. The number of terminal acetylenes is 1. The van der Waals surface area contributed by atoms with Crippen molar-refractivity contribution in [3.8, 4) is 23.8 Å². The van der Waals surface area contributed by atoms with E-state index in [9.17, 15) is 5.11 Å². The minimum atomic E-state index is -0.371. The van der Waals surface area contributed by atoms with E-state index < -0.39 is 0 Å². The van der Waals surface area contributed by atoms with E-state index in [-0.39, 0.29) is 11.2 Å². The Labute approximate surface area is 84.5 Å². The molecule has 0 bridgehead atoms. The van der Waals surface area contributed by atoms with Gasteiger partial charge in [0.2, 0.25) is 0 Å². The van der Waals surface area contributed by atoms with Crippen molar-refractivity contribution < 1.29 is 9.84 Å². The first-order chi connectivity index (χ1) is 6.51. The zero-order chi connectivity index (χ0) is 10.8. The van der Waals surface area contributed by atoms with Crippen LogP contribution in [0, 0.1) is 12.3 Å². The fourth-order valence-corrected chi connectivity index (χ4v) is 1.16. The molecule has 1 aromatic carbocycles. The molecular weight excluding hydrogens is 176 g/mol. The van der Waals surface area contributed by atoms with E-state index >= 15 is 0 Å². The summed E-state index contributed by atoms with van der Waals surface area (Å²) in [4.78, 5) is 0. The van der Waals surface area contributed by atoms with Crippen molar-refractivity contribution in [1.82, 2.24) is 0 Å². The molecule has 1 aromatic rings. The summed E-state index contributed by atoms with van der Waals surface area (Å²) in [6.07, 6.45) is 5.40. The zero-order valence-electron chi connectivity index (χ0n) is 8.66. The molecule has 0 saturated carbocycles. The van der Waals surface area contributed by atoms with Crippen molar-refractivity contribution in [1.29, 1.82) is 0 Å². The molecule has 14 heavy (non-hydrogen) atoms. The van der Waals surface area contributed by atoms with Crippen LogP contribution >= 0.6 is 0 Å². The highest BCUT2D eigenvalue weighted by atomic mass is 16.5. The quantitative estimate of drug-likeness (QED) is 0.725. The lowest BCUT2D eigenvalue weighted by Crippen LogP contribution is -2.13. The Kier molecular flexibility index (Phi) is 2.71. The third-order valence-corrected chi connectivity index (χ3v) is 2.26. The number of hydrogen-bond donors (Lipinski definition) is 1. The van der Waals surface area contributed by atoms with Gasteiger partial charge in [-0.05, 0) is 31.5 Å². The maximum Gasteiger partial charge on any atom is 0.160 e. The minimum absolute atomic E-state index is 0.119. The molecule has 0 unspecified atom stereocenters. The summed E-state index contributed by atoms with van der Waals surface area (Å²) in [5.74, 6) is 3.25. The highest BCUT2D eigenvalue weighted by molar-refractivity contribution is 5.45. The second-order valence-electron chi connectivity index (χ2n) is 3.66. The fourth-order valence-electron chi connectivity index (χ4n) is 1.16. The Morgan fingerprint density at radius 2 is 2.07 bits per heavy atom. The third-order valence-electron chi connectivity index (χ3n) is 2.26. The van der Waals surface area contributed by atoms with Gasteiger partial charge in [-0.1, -0.05) is 12.0 Å². The van der Waals surface area contributed by atoms with Crippen LogP contribution in [-0.4, -0.2) is 12.2 Å². The van der Waals surface area contributed by atoms with Gasteiger partial charge in [0.1, 0.15) is 0 Å². The summed E-state index contributed by atoms with van der Waals surface area (Å²) in [6.45, 7) is 3.85. The summed E-state index contributed by atoms with van der Waals surface area (Å²) in [5.41, 5.74) is 0.530. The number of methoxy groups -OCH3 is 1. The van der Waals surface area contributed by atoms with E-state index in [2.05, 4.69) is 5.92 Å². The number of aromatic hydroxyl groups is 1. The molecule has 0 aliphatic rings. The van der Waals surface area contributed by atoms with Gasteiger partial charge in [0.15, 0.2) is 11.5 Å². The molecule has 0 radical (unpaired) electrons. The van der Waals surface area contributed by atoms with Gasteiger partial charge in [0.25, 0.3) is 0 Å². The van der Waals surface area contributed by atoms with Gasteiger partial charge in [-0.2, -0.15) is 0 Å². The van der Waals surface area contributed by atoms with Crippen LogP contribution in [0.15, 0.2) is 18.2 Å². The van der Waals surface area contributed by atoms with Gasteiger partial charge in [-0.3, -0.25) is 0 Å². The second-order valence-corrected chi connectivity index (χ2v) is 3.66. The van der Waals surface area contributed by atoms with Crippen LogP contribution in [0.2, 0.25) is 0 Å². The first kappa shape index (κ1) is 10.5. The molecule has 2 nitrogen and oxygen atoms in total. The first-order valence-corrected chi connectivity index (χ1v) is 4.36. The maximum absolute atomic E-state index is 9.56. The largest absolute Gasteiger partial charge is 0.504 e. The van der Waals surface area contributed by atoms with Crippen molar-refractivity contribution in [3.63, 3.8) is 0 Å². The van der Waals surface area contributed by atoms with E-state index in [4.69, 9.17) is 11.2 Å². The lowest BCUT2D eigenvalue weighted by atomic mass is 9.85. The average Bonchev–Trinajstić information content (AvgIpc) is 2.17. The monoisotopic (exact) mass is 190 g/mol. The molecule has 0 amide bonds. The summed E-state index contributed by atoms with van der Waals surface area (Å²) in [5, 5.41) is 9.56. The van der Waals surface area contributed by atoms with Crippen molar-refractivity contribution >= 4 is 0 Å². The number of phenols is 1. The van der Waals surface area contributed by atoms with Crippen LogP contribution in [0.4, 0.5) is 0 Å². The second kappa shape index (κ2) is 3.63. The fraction of sp³-hybridized carbons (Fsp3) is 0.333. The smallest absolute Gasteiger partial charge is 0.160 e. The molecule has 0 aliphatic heterocycles. The van der Waals surface area contributed by atoms with Crippen LogP contribution in [0.25, 0.3) is 0 Å². The van der Waals surface area contributed by atoms with E-state index in [0.717, 1.165) is 5.56 Å². The van der Waals surface area contributed by atoms with E-state index in [1.165, 1.54) is 7.11 Å². The van der Waals surface area contributed by atoms with Crippen molar-refractivity contribution in [3.05, 3.63) is 23.8 Å². The number of rotatable bonds is 2. The number of ether oxygens (including phenoxy) is 1. The van der Waals surface area contributed by atoms with Crippen molar-refractivity contribution in [2.24, 2.45) is 0 Å². The Balaban J connectivity index is 3.17. The molecule has 0 aromatic heterocycles. The third kappa shape index (κ3) is 1.82. The normalized spacial score (nSPS) is 10.7. The van der Waals surface area contributed by atoms with E-state index in [0.29, 0.717) is 5.75 Å².